The first kappa shape index (κ1) is 23.8. The van der Waals surface area contributed by atoms with Crippen molar-refractivity contribution < 1.29 is 26.9 Å². The minimum atomic E-state index is -2.76. The third-order valence-corrected chi connectivity index (χ3v) is 17.7. The highest BCUT2D eigenvalue weighted by Gasteiger charge is 2.49. The van der Waals surface area contributed by atoms with E-state index in [1.54, 1.807) is 14.2 Å². The van der Waals surface area contributed by atoms with Gasteiger partial charge in [-0.05, 0) is 55.7 Å². The number of ether oxygens (including phenoxy) is 2. The van der Waals surface area contributed by atoms with Crippen molar-refractivity contribution in [1.29, 1.82) is 0 Å². The predicted octanol–water partition coefficient (Wildman–Crippen LogP) is 3.35. The molecule has 0 aromatic heterocycles. The van der Waals surface area contributed by atoms with Crippen molar-refractivity contribution in [3.63, 3.8) is 0 Å². The van der Waals surface area contributed by atoms with Crippen LogP contribution in [0.2, 0.25) is 31.2 Å². The zero-order chi connectivity index (χ0) is 20.6. The first-order valence-corrected chi connectivity index (χ1v) is 18.5. The lowest BCUT2D eigenvalue weighted by Crippen LogP contribution is -2.61. The van der Waals surface area contributed by atoms with E-state index in [1.165, 1.54) is 5.56 Å². The SMILES string of the molecule is CCC[Si]1(C)OCC[Si](O)([Si]O[Si](C)CCCc2ccc(OC)c(OC)c2)O1. The molecule has 2 rings (SSSR count). The summed E-state index contributed by atoms with van der Waals surface area (Å²) in [5.41, 5.74) is 1.23. The van der Waals surface area contributed by atoms with Gasteiger partial charge in [-0.25, -0.2) is 0 Å². The van der Waals surface area contributed by atoms with Gasteiger partial charge < -0.3 is 26.9 Å². The second-order valence-electron chi connectivity index (χ2n) is 7.32. The molecule has 3 radical (unpaired) electrons. The summed E-state index contributed by atoms with van der Waals surface area (Å²) < 4.78 is 28.8. The Morgan fingerprint density at radius 1 is 1.25 bits per heavy atom. The minimum absolute atomic E-state index is 0.0954. The Balaban J connectivity index is 1.76. The van der Waals surface area contributed by atoms with Gasteiger partial charge >= 0.3 is 16.6 Å². The number of methoxy groups -OCH3 is 2. The summed E-state index contributed by atoms with van der Waals surface area (Å²) in [6, 6.07) is 8.66. The number of rotatable bonds is 11. The standard InChI is InChI=1S/C18H33O6Si4/c1-6-13-27(5)22-11-14-28(19,24-27)25-23-26(4)12-7-8-16-9-10-17(20-2)18(15-16)21-3/h9-10,15,19H,6-8,11-14H2,1-5H3. The quantitative estimate of drug-likeness (QED) is 0.514. The molecule has 1 heterocycles. The average molecular weight is 458 g/mol. The summed E-state index contributed by atoms with van der Waals surface area (Å²) in [5, 5.41) is 0. The Morgan fingerprint density at radius 3 is 2.68 bits per heavy atom. The Morgan fingerprint density at radius 2 is 2.00 bits per heavy atom. The molecule has 1 saturated heterocycles. The molecule has 157 valence electrons. The molecule has 2 unspecified atom stereocenters. The summed E-state index contributed by atoms with van der Waals surface area (Å²) in [6.45, 7) is 6.99. The zero-order valence-corrected chi connectivity index (χ0v) is 21.7. The van der Waals surface area contributed by atoms with Crippen LogP contribution in [0.25, 0.3) is 0 Å². The van der Waals surface area contributed by atoms with Gasteiger partial charge in [-0.3, -0.25) is 0 Å². The minimum Gasteiger partial charge on any atom is -0.493 e. The summed E-state index contributed by atoms with van der Waals surface area (Å²) in [5.74, 6) is 1.52. The van der Waals surface area contributed by atoms with E-state index in [0.29, 0.717) is 12.7 Å². The monoisotopic (exact) mass is 457 g/mol. The van der Waals surface area contributed by atoms with Crippen LogP contribution in [0, 0.1) is 0 Å². The second kappa shape index (κ2) is 11.1. The molecule has 0 bridgehead atoms. The third kappa shape index (κ3) is 7.09. The van der Waals surface area contributed by atoms with E-state index in [-0.39, 0.29) is 9.28 Å². The second-order valence-corrected chi connectivity index (χ2v) is 19.1. The number of hydrogen-bond acceptors (Lipinski definition) is 6. The zero-order valence-electron chi connectivity index (χ0n) is 17.7. The van der Waals surface area contributed by atoms with E-state index >= 15 is 0 Å². The molecule has 0 amide bonds. The van der Waals surface area contributed by atoms with Crippen LogP contribution < -0.4 is 9.47 Å². The summed E-state index contributed by atoms with van der Waals surface area (Å²) in [6.07, 6.45) is 3.05. The average Bonchev–Trinajstić information content (AvgIpc) is 2.66. The van der Waals surface area contributed by atoms with Crippen LogP contribution in [0.1, 0.15) is 25.3 Å². The lowest BCUT2D eigenvalue weighted by atomic mass is 10.1. The van der Waals surface area contributed by atoms with Gasteiger partial charge in [-0.2, -0.15) is 0 Å². The van der Waals surface area contributed by atoms with Crippen LogP contribution in [0.3, 0.4) is 0 Å². The van der Waals surface area contributed by atoms with Gasteiger partial charge in [-0.15, -0.1) is 0 Å². The Labute approximate surface area is 175 Å². The van der Waals surface area contributed by atoms with Crippen molar-refractivity contribution in [1.82, 2.24) is 0 Å². The fraction of sp³-hybridized carbons (Fsp3) is 0.667. The van der Waals surface area contributed by atoms with Crippen LogP contribution in [0.4, 0.5) is 0 Å². The molecule has 28 heavy (non-hydrogen) atoms. The first-order chi connectivity index (χ1) is 13.3. The van der Waals surface area contributed by atoms with Crippen LogP contribution in [-0.2, 0) is 19.1 Å². The van der Waals surface area contributed by atoms with E-state index in [9.17, 15) is 4.80 Å². The fourth-order valence-corrected chi connectivity index (χ4v) is 18.0. The maximum absolute atomic E-state index is 10.9. The highest BCUT2D eigenvalue weighted by Crippen LogP contribution is 2.29. The first-order valence-electron chi connectivity index (χ1n) is 9.87. The molecule has 1 aliphatic rings. The predicted molar refractivity (Wildman–Crippen MR) is 118 cm³/mol. The third-order valence-electron chi connectivity index (χ3n) is 4.76. The van der Waals surface area contributed by atoms with Crippen LogP contribution >= 0.6 is 0 Å². The van der Waals surface area contributed by atoms with Crippen molar-refractivity contribution in [2.75, 3.05) is 20.8 Å². The molecule has 1 aromatic carbocycles. The molecule has 0 spiro atoms. The molecule has 10 heteroatoms. The summed E-state index contributed by atoms with van der Waals surface area (Å²) >= 11 is 0. The maximum atomic E-state index is 10.9. The smallest absolute Gasteiger partial charge is 0.337 e. The highest BCUT2D eigenvalue weighted by molar-refractivity contribution is 7.18. The van der Waals surface area contributed by atoms with E-state index in [0.717, 1.165) is 42.8 Å². The molecular weight excluding hydrogens is 425 g/mol. The largest absolute Gasteiger partial charge is 0.493 e. The number of aryl methyl sites for hydroxylation is 1. The van der Waals surface area contributed by atoms with Gasteiger partial charge in [0.1, 0.15) is 0 Å². The molecule has 1 aliphatic heterocycles. The molecule has 1 fully saturated rings. The molecule has 6 nitrogen and oxygen atoms in total. The highest BCUT2D eigenvalue weighted by atomic mass is 29.2. The lowest BCUT2D eigenvalue weighted by molar-refractivity contribution is 0.196. The van der Waals surface area contributed by atoms with Crippen LogP contribution in [0.5, 0.6) is 11.5 Å². The molecule has 1 aromatic rings. The van der Waals surface area contributed by atoms with Gasteiger partial charge in [0, 0.05) is 12.7 Å². The fourth-order valence-electron chi connectivity index (χ4n) is 3.29. The molecule has 0 saturated carbocycles. The summed E-state index contributed by atoms with van der Waals surface area (Å²) in [7, 11) is -2.51. The van der Waals surface area contributed by atoms with E-state index in [4.69, 9.17) is 22.1 Å². The van der Waals surface area contributed by atoms with Crippen LogP contribution in [-0.4, -0.2) is 60.6 Å². The maximum Gasteiger partial charge on any atom is 0.337 e. The van der Waals surface area contributed by atoms with Gasteiger partial charge in [-0.1, -0.05) is 19.4 Å². The lowest BCUT2D eigenvalue weighted by Gasteiger charge is -2.40. The molecule has 1 N–H and O–H groups in total. The van der Waals surface area contributed by atoms with Crippen molar-refractivity contribution in [3.05, 3.63) is 23.8 Å². The molecule has 2 atom stereocenters. The number of hydrogen-bond donors (Lipinski definition) is 1. The molecule has 0 aliphatic carbocycles. The Bertz CT molecular complexity index is 618. The van der Waals surface area contributed by atoms with E-state index in [1.807, 2.05) is 12.1 Å². The van der Waals surface area contributed by atoms with Crippen molar-refractivity contribution in [3.8, 4) is 11.5 Å². The molecular formula is C18H33O6Si4. The van der Waals surface area contributed by atoms with Gasteiger partial charge in [0.15, 0.2) is 20.5 Å². The van der Waals surface area contributed by atoms with Gasteiger partial charge in [0.05, 0.1) is 14.2 Å². The van der Waals surface area contributed by atoms with Crippen molar-refractivity contribution >= 4 is 35.0 Å². The van der Waals surface area contributed by atoms with Gasteiger partial charge in [0.2, 0.25) is 0 Å². The number of benzene rings is 1. The Hall–Kier alpha value is -0.472. The summed E-state index contributed by atoms with van der Waals surface area (Å²) in [4.78, 5) is 10.9. The van der Waals surface area contributed by atoms with Crippen molar-refractivity contribution in [2.45, 2.75) is 57.4 Å². The van der Waals surface area contributed by atoms with Crippen LogP contribution in [0.15, 0.2) is 18.2 Å². The van der Waals surface area contributed by atoms with Gasteiger partial charge in [0.25, 0.3) is 9.28 Å². The topological polar surface area (TPSA) is 66.4 Å². The van der Waals surface area contributed by atoms with Crippen molar-refractivity contribution in [2.24, 2.45) is 0 Å². The van der Waals surface area contributed by atoms with E-state index in [2.05, 4.69) is 26.1 Å². The van der Waals surface area contributed by atoms with E-state index < -0.39 is 25.7 Å². The normalized spacial score (nSPS) is 25.1. The Kier molecular flexibility index (Phi) is 9.41.